The van der Waals surface area contributed by atoms with Gasteiger partial charge < -0.3 is 0 Å². The lowest BCUT2D eigenvalue weighted by atomic mass is 10.1. The van der Waals surface area contributed by atoms with Crippen LogP contribution in [0.1, 0.15) is 27.2 Å². The number of hydrazone groups is 1. The fraction of sp³-hybridized carbons (Fsp3) is 0.111. The van der Waals surface area contributed by atoms with Crippen LogP contribution in [0.25, 0.3) is 10.9 Å². The number of amides is 1. The minimum atomic E-state index is -0.279. The third kappa shape index (κ3) is 3.40. The molecule has 0 fully saturated rings. The van der Waals surface area contributed by atoms with Gasteiger partial charge in [0.1, 0.15) is 0 Å². The van der Waals surface area contributed by atoms with Crippen molar-refractivity contribution in [2.24, 2.45) is 5.10 Å². The zero-order valence-corrected chi connectivity index (χ0v) is 12.9. The first-order valence-corrected chi connectivity index (χ1v) is 7.25. The van der Waals surface area contributed by atoms with Gasteiger partial charge in [0.05, 0.1) is 23.0 Å². The average Bonchev–Trinajstić information content (AvgIpc) is 2.55. The summed E-state index contributed by atoms with van der Waals surface area (Å²) in [4.78, 5) is 20.8. The highest BCUT2D eigenvalue weighted by molar-refractivity contribution is 5.99. The number of fused-ring (bicyclic) bond motifs is 1. The maximum absolute atomic E-state index is 12.3. The molecule has 114 valence electrons. The lowest BCUT2D eigenvalue weighted by Gasteiger charge is -2.06. The second-order valence-corrected chi connectivity index (χ2v) is 5.30. The van der Waals surface area contributed by atoms with Crippen molar-refractivity contribution in [1.29, 1.82) is 0 Å². The quantitative estimate of drug-likeness (QED) is 0.597. The van der Waals surface area contributed by atoms with E-state index in [0.717, 1.165) is 22.0 Å². The van der Waals surface area contributed by atoms with Crippen LogP contribution in [0, 0.1) is 13.8 Å². The van der Waals surface area contributed by atoms with Crippen molar-refractivity contribution in [2.75, 3.05) is 0 Å². The molecular weight excluding hydrogens is 288 g/mol. The zero-order chi connectivity index (χ0) is 16.2. The summed E-state index contributed by atoms with van der Waals surface area (Å²) in [6, 6.07) is 11.5. The van der Waals surface area contributed by atoms with Crippen molar-refractivity contribution in [3.05, 3.63) is 71.2 Å². The molecule has 2 aromatic heterocycles. The third-order valence-corrected chi connectivity index (χ3v) is 3.47. The summed E-state index contributed by atoms with van der Waals surface area (Å²) in [7, 11) is 0. The van der Waals surface area contributed by atoms with Crippen LogP contribution in [0.2, 0.25) is 0 Å². The number of carbonyl (C=O) groups excluding carboxylic acids is 1. The van der Waals surface area contributed by atoms with Gasteiger partial charge in [-0.25, -0.2) is 5.43 Å². The summed E-state index contributed by atoms with van der Waals surface area (Å²) in [6.45, 7) is 3.83. The summed E-state index contributed by atoms with van der Waals surface area (Å²) in [5.41, 5.74) is 6.55. The number of nitrogens with zero attached hydrogens (tertiary/aromatic N) is 3. The molecule has 3 rings (SSSR count). The zero-order valence-electron chi connectivity index (χ0n) is 12.9. The minimum Gasteiger partial charge on any atom is -0.267 e. The number of aryl methyl sites for hydroxylation is 2. The lowest BCUT2D eigenvalue weighted by Crippen LogP contribution is -2.19. The first-order chi connectivity index (χ1) is 11.1. The first-order valence-electron chi connectivity index (χ1n) is 7.25. The van der Waals surface area contributed by atoms with E-state index in [-0.39, 0.29) is 5.91 Å². The van der Waals surface area contributed by atoms with Crippen molar-refractivity contribution < 1.29 is 4.79 Å². The van der Waals surface area contributed by atoms with Gasteiger partial charge in [0.15, 0.2) is 0 Å². The van der Waals surface area contributed by atoms with Gasteiger partial charge in [0, 0.05) is 23.3 Å². The van der Waals surface area contributed by atoms with Gasteiger partial charge in [0.2, 0.25) is 0 Å². The Morgan fingerprint density at radius 1 is 1.22 bits per heavy atom. The van der Waals surface area contributed by atoms with E-state index in [1.807, 2.05) is 50.2 Å². The normalized spacial score (nSPS) is 11.0. The van der Waals surface area contributed by atoms with Crippen molar-refractivity contribution >= 4 is 23.0 Å². The molecule has 0 unspecified atom stereocenters. The van der Waals surface area contributed by atoms with Gasteiger partial charge in [-0.3, -0.25) is 14.8 Å². The molecule has 5 heteroatoms. The molecule has 0 spiro atoms. The Balaban J connectivity index is 1.83. The van der Waals surface area contributed by atoms with Gasteiger partial charge in [-0.05, 0) is 38.1 Å². The van der Waals surface area contributed by atoms with Crippen LogP contribution < -0.4 is 5.43 Å². The summed E-state index contributed by atoms with van der Waals surface area (Å²) in [5.74, 6) is -0.279. The Bertz CT molecular complexity index is 888. The highest BCUT2D eigenvalue weighted by Crippen LogP contribution is 2.18. The molecule has 1 amide bonds. The number of benzene rings is 1. The molecular formula is C18H16N4O. The average molecular weight is 304 g/mol. The number of hydrogen-bond acceptors (Lipinski definition) is 4. The van der Waals surface area contributed by atoms with Crippen LogP contribution >= 0.6 is 0 Å². The van der Waals surface area contributed by atoms with Crippen molar-refractivity contribution in [1.82, 2.24) is 15.4 Å². The van der Waals surface area contributed by atoms with Gasteiger partial charge in [-0.2, -0.15) is 5.10 Å². The van der Waals surface area contributed by atoms with E-state index in [0.29, 0.717) is 11.3 Å². The van der Waals surface area contributed by atoms with E-state index in [4.69, 9.17) is 0 Å². The third-order valence-electron chi connectivity index (χ3n) is 3.47. The molecule has 0 radical (unpaired) electrons. The SMILES string of the molecule is Cc1ccc2nc(C)c(C(=O)N/N=C\c3cccnc3)cc2c1. The number of pyridine rings is 2. The van der Waals surface area contributed by atoms with E-state index in [1.165, 1.54) is 0 Å². The topological polar surface area (TPSA) is 67.2 Å². The molecule has 0 aliphatic carbocycles. The Kier molecular flexibility index (Phi) is 4.10. The molecule has 0 aliphatic heterocycles. The summed E-state index contributed by atoms with van der Waals surface area (Å²) >= 11 is 0. The van der Waals surface area contributed by atoms with Gasteiger partial charge in [-0.15, -0.1) is 0 Å². The molecule has 0 bridgehead atoms. The van der Waals surface area contributed by atoms with E-state index >= 15 is 0 Å². The molecule has 0 saturated heterocycles. The van der Waals surface area contributed by atoms with Crippen LogP contribution in [0.3, 0.4) is 0 Å². The summed E-state index contributed by atoms with van der Waals surface area (Å²) in [6.07, 6.45) is 4.90. The monoisotopic (exact) mass is 304 g/mol. The molecule has 0 aliphatic rings. The Hall–Kier alpha value is -3.08. The number of aromatic nitrogens is 2. The lowest BCUT2D eigenvalue weighted by molar-refractivity contribution is 0.0954. The predicted molar refractivity (Wildman–Crippen MR) is 90.5 cm³/mol. The Morgan fingerprint density at radius 2 is 2.09 bits per heavy atom. The molecule has 2 heterocycles. The first kappa shape index (κ1) is 14.8. The van der Waals surface area contributed by atoms with Crippen LogP contribution in [-0.4, -0.2) is 22.1 Å². The highest BCUT2D eigenvalue weighted by atomic mass is 16.2. The molecule has 0 atom stereocenters. The van der Waals surface area contributed by atoms with Crippen molar-refractivity contribution in [2.45, 2.75) is 13.8 Å². The standard InChI is InChI=1S/C18H16N4O/c1-12-5-6-17-15(8-12)9-16(13(2)21-17)18(23)22-20-11-14-4-3-7-19-10-14/h3-11H,1-2H3,(H,22,23)/b20-11-. The predicted octanol–water partition coefficient (Wildman–Crippen LogP) is 3.01. The van der Waals surface area contributed by atoms with E-state index in [2.05, 4.69) is 20.5 Å². The minimum absolute atomic E-state index is 0.279. The fourth-order valence-electron chi connectivity index (χ4n) is 2.30. The fourth-order valence-corrected chi connectivity index (χ4v) is 2.30. The molecule has 5 nitrogen and oxygen atoms in total. The number of rotatable bonds is 3. The van der Waals surface area contributed by atoms with Crippen molar-refractivity contribution in [3.63, 3.8) is 0 Å². The second-order valence-electron chi connectivity index (χ2n) is 5.30. The number of carbonyl (C=O) groups is 1. The maximum atomic E-state index is 12.3. The van der Waals surface area contributed by atoms with E-state index in [9.17, 15) is 4.79 Å². The number of hydrogen-bond donors (Lipinski definition) is 1. The molecule has 1 N–H and O–H groups in total. The molecule has 0 saturated carbocycles. The summed E-state index contributed by atoms with van der Waals surface area (Å²) in [5, 5.41) is 4.91. The molecule has 3 aromatic rings. The number of nitrogens with one attached hydrogen (secondary N) is 1. The van der Waals surface area contributed by atoms with Crippen LogP contribution in [-0.2, 0) is 0 Å². The van der Waals surface area contributed by atoms with E-state index in [1.54, 1.807) is 18.6 Å². The van der Waals surface area contributed by atoms with Gasteiger partial charge >= 0.3 is 0 Å². The molecule has 23 heavy (non-hydrogen) atoms. The highest BCUT2D eigenvalue weighted by Gasteiger charge is 2.11. The molecule has 1 aromatic carbocycles. The Morgan fingerprint density at radius 3 is 2.87 bits per heavy atom. The summed E-state index contributed by atoms with van der Waals surface area (Å²) < 4.78 is 0. The van der Waals surface area contributed by atoms with Gasteiger partial charge in [-0.1, -0.05) is 17.7 Å². The Labute approximate surface area is 134 Å². The van der Waals surface area contributed by atoms with Crippen LogP contribution in [0.5, 0.6) is 0 Å². The second kappa shape index (κ2) is 6.36. The van der Waals surface area contributed by atoms with Gasteiger partial charge in [0.25, 0.3) is 5.91 Å². The maximum Gasteiger partial charge on any atom is 0.273 e. The van der Waals surface area contributed by atoms with Crippen LogP contribution in [0.4, 0.5) is 0 Å². The largest absolute Gasteiger partial charge is 0.273 e. The van der Waals surface area contributed by atoms with Crippen molar-refractivity contribution in [3.8, 4) is 0 Å². The smallest absolute Gasteiger partial charge is 0.267 e. The van der Waals surface area contributed by atoms with Crippen LogP contribution in [0.15, 0.2) is 53.9 Å². The van der Waals surface area contributed by atoms with E-state index < -0.39 is 0 Å².